The van der Waals surface area contributed by atoms with Gasteiger partial charge in [0.15, 0.2) is 0 Å². The van der Waals surface area contributed by atoms with E-state index in [0.717, 1.165) is 19.3 Å². The predicted octanol–water partition coefficient (Wildman–Crippen LogP) is 4.18. The minimum absolute atomic E-state index is 0.0640. The van der Waals surface area contributed by atoms with Crippen molar-refractivity contribution in [3.05, 3.63) is 0 Å². The Kier molecular flexibility index (Phi) is 2.52. The lowest BCUT2D eigenvalue weighted by molar-refractivity contribution is -0.218. The van der Waals surface area contributed by atoms with Crippen LogP contribution in [0.2, 0.25) is 0 Å². The molecule has 4 bridgehead atoms. The largest absolute Gasteiger partial charge is 0.469 e. The topological polar surface area (TPSA) is 26.3 Å². The van der Waals surface area contributed by atoms with Crippen LogP contribution in [0.15, 0.2) is 0 Å². The standard InChI is InChI=1S/C17H28O2/c1-12(2)16-7-14(3)6-15(4,8-16)10-17(9-14,11-16)13(18)19-5/h12H,6-11H2,1-5H3. The van der Waals surface area contributed by atoms with Gasteiger partial charge in [0.1, 0.15) is 0 Å². The van der Waals surface area contributed by atoms with Crippen molar-refractivity contribution in [2.45, 2.75) is 66.2 Å². The summed E-state index contributed by atoms with van der Waals surface area (Å²) in [5, 5.41) is 0. The zero-order chi connectivity index (χ0) is 14.1. The molecule has 19 heavy (non-hydrogen) atoms. The van der Waals surface area contributed by atoms with Crippen LogP contribution in [0.5, 0.6) is 0 Å². The Hall–Kier alpha value is -0.530. The number of methoxy groups -OCH3 is 1. The van der Waals surface area contributed by atoms with Gasteiger partial charge in [-0.25, -0.2) is 0 Å². The lowest BCUT2D eigenvalue weighted by Gasteiger charge is -2.69. The number of carbonyl (C=O) groups is 1. The van der Waals surface area contributed by atoms with E-state index in [4.69, 9.17) is 4.74 Å². The van der Waals surface area contributed by atoms with Crippen LogP contribution in [0, 0.1) is 27.6 Å². The van der Waals surface area contributed by atoms with Crippen molar-refractivity contribution in [1.29, 1.82) is 0 Å². The summed E-state index contributed by atoms with van der Waals surface area (Å²) in [4.78, 5) is 12.5. The molecule has 0 aliphatic heterocycles. The van der Waals surface area contributed by atoms with Crippen molar-refractivity contribution in [3.63, 3.8) is 0 Å². The van der Waals surface area contributed by atoms with Gasteiger partial charge in [0, 0.05) is 0 Å². The second-order valence-corrected chi connectivity index (χ2v) is 8.97. The van der Waals surface area contributed by atoms with Crippen molar-refractivity contribution in [2.75, 3.05) is 7.11 Å². The van der Waals surface area contributed by atoms with Crippen molar-refractivity contribution < 1.29 is 9.53 Å². The summed E-state index contributed by atoms with van der Waals surface area (Å²) in [7, 11) is 1.56. The fraction of sp³-hybridized carbons (Fsp3) is 0.941. The Bertz CT molecular complexity index is 405. The summed E-state index contributed by atoms with van der Waals surface area (Å²) >= 11 is 0. The second kappa shape index (κ2) is 3.56. The highest BCUT2D eigenvalue weighted by molar-refractivity contribution is 5.78. The second-order valence-electron chi connectivity index (χ2n) is 8.97. The molecule has 0 heterocycles. The van der Waals surface area contributed by atoms with Crippen LogP contribution in [-0.4, -0.2) is 13.1 Å². The molecular weight excluding hydrogens is 236 g/mol. The molecule has 4 fully saturated rings. The van der Waals surface area contributed by atoms with Gasteiger partial charge in [0.25, 0.3) is 0 Å². The van der Waals surface area contributed by atoms with Crippen LogP contribution in [0.4, 0.5) is 0 Å². The van der Waals surface area contributed by atoms with Gasteiger partial charge in [-0.2, -0.15) is 0 Å². The minimum Gasteiger partial charge on any atom is -0.469 e. The maximum Gasteiger partial charge on any atom is 0.311 e. The van der Waals surface area contributed by atoms with E-state index in [1.54, 1.807) is 7.11 Å². The lowest BCUT2D eigenvalue weighted by atomic mass is 9.34. The molecule has 2 nitrogen and oxygen atoms in total. The molecule has 0 aromatic heterocycles. The summed E-state index contributed by atoms with van der Waals surface area (Å²) in [6, 6.07) is 0. The van der Waals surface area contributed by atoms with E-state index in [1.807, 2.05) is 0 Å². The molecule has 2 heteroatoms. The number of carbonyl (C=O) groups excluding carboxylic acids is 1. The molecule has 0 radical (unpaired) electrons. The molecule has 0 spiro atoms. The molecule has 0 aromatic rings. The smallest absolute Gasteiger partial charge is 0.311 e. The first kappa shape index (κ1) is 13.5. The van der Waals surface area contributed by atoms with E-state index < -0.39 is 0 Å². The average Bonchev–Trinajstić information content (AvgIpc) is 2.22. The first-order valence-corrected chi connectivity index (χ1v) is 7.75. The molecule has 0 saturated heterocycles. The maximum atomic E-state index is 12.5. The van der Waals surface area contributed by atoms with E-state index in [1.165, 1.54) is 19.3 Å². The van der Waals surface area contributed by atoms with E-state index in [9.17, 15) is 4.79 Å². The molecular formula is C17H28O2. The molecule has 4 rings (SSSR count). The SMILES string of the molecule is COC(=O)C12CC3(C)CC(C)(C1)CC(C(C)C)(C3)C2. The summed E-state index contributed by atoms with van der Waals surface area (Å²) in [5.74, 6) is 0.727. The number of ether oxygens (including phenoxy) is 1. The molecule has 4 aliphatic carbocycles. The number of rotatable bonds is 2. The van der Waals surface area contributed by atoms with Crippen molar-refractivity contribution in [2.24, 2.45) is 27.6 Å². The minimum atomic E-state index is -0.183. The molecule has 0 amide bonds. The molecule has 0 aromatic carbocycles. The van der Waals surface area contributed by atoms with E-state index in [2.05, 4.69) is 27.7 Å². The van der Waals surface area contributed by atoms with Gasteiger partial charge >= 0.3 is 5.97 Å². The van der Waals surface area contributed by atoms with Crippen LogP contribution in [0.25, 0.3) is 0 Å². The molecule has 4 saturated carbocycles. The first-order chi connectivity index (χ1) is 8.67. The molecule has 108 valence electrons. The van der Waals surface area contributed by atoms with Gasteiger partial charge in [-0.05, 0) is 60.7 Å². The number of hydrogen-bond acceptors (Lipinski definition) is 2. The Labute approximate surface area is 117 Å². The molecule has 4 aliphatic rings. The summed E-state index contributed by atoms with van der Waals surface area (Å²) in [6.07, 6.45) is 7.09. The third-order valence-corrected chi connectivity index (χ3v) is 6.48. The normalized spacial score (nSPS) is 51.7. The molecule has 0 N–H and O–H groups in total. The summed E-state index contributed by atoms with van der Waals surface area (Å²) in [6.45, 7) is 9.53. The number of hydrogen-bond donors (Lipinski definition) is 0. The Morgan fingerprint density at radius 2 is 1.47 bits per heavy atom. The first-order valence-electron chi connectivity index (χ1n) is 7.75. The monoisotopic (exact) mass is 264 g/mol. The average molecular weight is 264 g/mol. The van der Waals surface area contributed by atoms with Crippen molar-refractivity contribution >= 4 is 5.97 Å². The highest BCUT2D eigenvalue weighted by Crippen LogP contribution is 2.75. The van der Waals surface area contributed by atoms with Crippen LogP contribution in [0.1, 0.15) is 66.2 Å². The highest BCUT2D eigenvalue weighted by Gasteiger charge is 2.68. The van der Waals surface area contributed by atoms with E-state index >= 15 is 0 Å². The van der Waals surface area contributed by atoms with Gasteiger partial charge in [-0.15, -0.1) is 0 Å². The van der Waals surface area contributed by atoms with Crippen LogP contribution in [0.3, 0.4) is 0 Å². The molecule has 2 unspecified atom stereocenters. The fourth-order valence-electron chi connectivity index (χ4n) is 6.83. The van der Waals surface area contributed by atoms with E-state index in [-0.39, 0.29) is 11.4 Å². The van der Waals surface area contributed by atoms with Gasteiger partial charge in [0.05, 0.1) is 12.5 Å². The highest BCUT2D eigenvalue weighted by atomic mass is 16.5. The van der Waals surface area contributed by atoms with Gasteiger partial charge in [0.2, 0.25) is 0 Å². The Morgan fingerprint density at radius 3 is 1.89 bits per heavy atom. The predicted molar refractivity (Wildman–Crippen MR) is 75.6 cm³/mol. The van der Waals surface area contributed by atoms with Crippen LogP contribution in [-0.2, 0) is 9.53 Å². The zero-order valence-electron chi connectivity index (χ0n) is 13.1. The lowest BCUT2D eigenvalue weighted by Crippen LogP contribution is -2.63. The van der Waals surface area contributed by atoms with Crippen LogP contribution < -0.4 is 0 Å². The summed E-state index contributed by atoms with van der Waals surface area (Å²) < 4.78 is 5.21. The Morgan fingerprint density at radius 1 is 0.947 bits per heavy atom. The maximum absolute atomic E-state index is 12.5. The van der Waals surface area contributed by atoms with Gasteiger partial charge < -0.3 is 4.74 Å². The number of esters is 1. The molecule has 2 atom stereocenters. The quantitative estimate of drug-likeness (QED) is 0.699. The van der Waals surface area contributed by atoms with Gasteiger partial charge in [-0.3, -0.25) is 4.79 Å². The summed E-state index contributed by atoms with van der Waals surface area (Å²) in [5.41, 5.74) is 0.883. The van der Waals surface area contributed by atoms with E-state index in [0.29, 0.717) is 22.2 Å². The van der Waals surface area contributed by atoms with Crippen molar-refractivity contribution in [1.82, 2.24) is 0 Å². The van der Waals surface area contributed by atoms with Crippen molar-refractivity contribution in [3.8, 4) is 0 Å². The fourth-order valence-corrected chi connectivity index (χ4v) is 6.83. The Balaban J connectivity index is 2.09. The van der Waals surface area contributed by atoms with Crippen LogP contribution >= 0.6 is 0 Å². The third-order valence-electron chi connectivity index (χ3n) is 6.48. The van der Waals surface area contributed by atoms with Gasteiger partial charge in [-0.1, -0.05) is 27.7 Å². The zero-order valence-corrected chi connectivity index (χ0v) is 13.1. The third kappa shape index (κ3) is 1.71.